The van der Waals surface area contributed by atoms with E-state index in [9.17, 15) is 18.7 Å². The van der Waals surface area contributed by atoms with Crippen molar-refractivity contribution in [3.05, 3.63) is 52.2 Å². The summed E-state index contributed by atoms with van der Waals surface area (Å²) in [5.41, 5.74) is -2.72. The van der Waals surface area contributed by atoms with Gasteiger partial charge in [0.2, 0.25) is 0 Å². The largest absolute Gasteiger partial charge is 0.508 e. The van der Waals surface area contributed by atoms with Crippen LogP contribution < -0.4 is 20.5 Å². The minimum absolute atomic E-state index is 0.00474. The van der Waals surface area contributed by atoms with E-state index in [0.29, 0.717) is 24.3 Å². The quantitative estimate of drug-likeness (QED) is 0.333. The molecule has 5 aliphatic rings. The molecule has 2 aromatic carbocycles. The molecular formula is C32H31F2N7O3. The third kappa shape index (κ3) is 4.21. The molecule has 12 heteroatoms. The number of piperazine rings is 1. The topological polar surface area (TPSA) is 109 Å². The van der Waals surface area contributed by atoms with Gasteiger partial charge in [-0.25, -0.2) is 8.78 Å². The summed E-state index contributed by atoms with van der Waals surface area (Å²) in [6, 6.07) is 4.91. The van der Waals surface area contributed by atoms with Crippen LogP contribution in [0, 0.1) is 18.2 Å². The SMILES string of the molecule is [2H]C1([2H])CC[C@@]2(C([2H])([2H])Oc3nc(N4CC5CCC4CN5)c4cnn(-c5cc(O)cc6ccc(F)c(C#C)c56)c(=O)c4n3)C[C@@H](F)CN12. The van der Waals surface area contributed by atoms with Crippen LogP contribution in [-0.4, -0.2) is 86.2 Å². The summed E-state index contributed by atoms with van der Waals surface area (Å²) in [5, 5.41) is 19.2. The number of phenolic OH excluding ortho intramolecular Hbond substituents is 1. The molecule has 4 atom stereocenters. The zero-order valence-corrected chi connectivity index (χ0v) is 23.6. The number of hydrogen-bond donors (Lipinski definition) is 2. The molecule has 9 rings (SSSR count). The average Bonchev–Trinajstić information content (AvgIpc) is 3.55. The van der Waals surface area contributed by atoms with E-state index < -0.39 is 42.2 Å². The van der Waals surface area contributed by atoms with Gasteiger partial charge in [0.05, 0.1) is 31.1 Å². The van der Waals surface area contributed by atoms with Crippen molar-refractivity contribution in [2.24, 2.45) is 0 Å². The molecule has 0 radical (unpaired) electrons. The fourth-order valence-corrected chi connectivity index (χ4v) is 7.16. The number of hydrogen-bond acceptors (Lipinski definition) is 9. The second kappa shape index (κ2) is 10.1. The fourth-order valence-electron chi connectivity index (χ4n) is 7.16. The number of halogens is 2. The van der Waals surface area contributed by atoms with E-state index in [4.69, 9.17) is 16.6 Å². The van der Waals surface area contributed by atoms with Gasteiger partial charge in [-0.3, -0.25) is 9.69 Å². The first-order valence-corrected chi connectivity index (χ1v) is 14.6. The van der Waals surface area contributed by atoms with Crippen LogP contribution in [0.3, 0.4) is 0 Å². The summed E-state index contributed by atoms with van der Waals surface area (Å²) in [6.45, 7) is -3.66. The van der Waals surface area contributed by atoms with Crippen molar-refractivity contribution in [1.29, 1.82) is 0 Å². The highest BCUT2D eigenvalue weighted by atomic mass is 19.1. The number of ether oxygens (including phenoxy) is 1. The molecule has 226 valence electrons. The second-order valence-corrected chi connectivity index (χ2v) is 11.9. The molecule has 2 unspecified atom stereocenters. The molecule has 2 aromatic heterocycles. The Morgan fingerprint density at radius 3 is 2.95 bits per heavy atom. The molecule has 7 heterocycles. The van der Waals surface area contributed by atoms with Crippen LogP contribution in [0.5, 0.6) is 11.8 Å². The van der Waals surface area contributed by atoms with E-state index in [1.807, 2.05) is 4.90 Å². The van der Waals surface area contributed by atoms with Gasteiger partial charge in [0.1, 0.15) is 35.6 Å². The standard InChI is InChI=1S/C32H31F2N7O3/c1-2-23-25(34)7-4-18-10-22(42)11-26(27(18)23)41-30(43)28-24(14-36-41)29(40-16-20-5-6-21(40)13-35-20)38-31(37-28)44-17-32-8-3-9-39(32)15-19(33)12-32/h1,4,7,10-11,14,19-21,35,42H,3,5-6,8-9,12-13,15-17H2/t19-,20?,21?,32+/m1/s1/i9D2,17D2. The molecule has 5 aliphatic heterocycles. The molecule has 0 amide bonds. The average molecular weight is 604 g/mol. The Bertz CT molecular complexity index is 2100. The van der Waals surface area contributed by atoms with Gasteiger partial charge in [-0.05, 0) is 49.7 Å². The Morgan fingerprint density at radius 1 is 1.30 bits per heavy atom. The van der Waals surface area contributed by atoms with Crippen LogP contribution in [0.1, 0.15) is 43.2 Å². The van der Waals surface area contributed by atoms with Crippen LogP contribution >= 0.6 is 0 Å². The number of piperidine rings is 2. The fraction of sp³-hybridized carbons (Fsp3) is 0.438. The molecule has 2 bridgehead atoms. The monoisotopic (exact) mass is 603 g/mol. The number of phenols is 1. The van der Waals surface area contributed by atoms with Gasteiger partial charge in [0, 0.05) is 52.3 Å². The summed E-state index contributed by atoms with van der Waals surface area (Å²) < 4.78 is 71.4. The van der Waals surface area contributed by atoms with Crippen molar-refractivity contribution in [1.82, 2.24) is 30.0 Å². The van der Waals surface area contributed by atoms with Crippen molar-refractivity contribution in [3.63, 3.8) is 0 Å². The highest BCUT2D eigenvalue weighted by Gasteiger charge is 2.49. The first-order valence-electron chi connectivity index (χ1n) is 16.6. The molecule has 0 aliphatic carbocycles. The first kappa shape index (κ1) is 23.1. The van der Waals surface area contributed by atoms with Crippen LogP contribution in [0.15, 0.2) is 35.3 Å². The number of nitrogens with one attached hydrogen (secondary N) is 1. The lowest BCUT2D eigenvalue weighted by atomic mass is 9.93. The molecule has 44 heavy (non-hydrogen) atoms. The first-order chi connectivity index (χ1) is 22.8. The number of anilines is 1. The predicted octanol–water partition coefficient (Wildman–Crippen LogP) is 3.05. The van der Waals surface area contributed by atoms with E-state index in [-0.39, 0.29) is 71.2 Å². The number of aromatic nitrogens is 4. The van der Waals surface area contributed by atoms with E-state index >= 15 is 0 Å². The van der Waals surface area contributed by atoms with E-state index in [2.05, 4.69) is 26.3 Å². The highest BCUT2D eigenvalue weighted by Crippen LogP contribution is 2.41. The van der Waals surface area contributed by atoms with Gasteiger partial charge in [0.25, 0.3) is 5.56 Å². The van der Waals surface area contributed by atoms with E-state index in [1.54, 1.807) is 0 Å². The Morgan fingerprint density at radius 2 is 2.18 bits per heavy atom. The van der Waals surface area contributed by atoms with Crippen molar-refractivity contribution in [3.8, 4) is 29.8 Å². The summed E-state index contributed by atoms with van der Waals surface area (Å²) in [4.78, 5) is 26.6. The maximum atomic E-state index is 14.9. The minimum atomic E-state index is -2.65. The smallest absolute Gasteiger partial charge is 0.319 e. The number of benzene rings is 2. The minimum Gasteiger partial charge on any atom is -0.508 e. The molecule has 4 aromatic rings. The van der Waals surface area contributed by atoms with E-state index in [1.165, 1.54) is 35.4 Å². The highest BCUT2D eigenvalue weighted by molar-refractivity contribution is 5.97. The Balaban J connectivity index is 1.32. The molecule has 5 fully saturated rings. The summed E-state index contributed by atoms with van der Waals surface area (Å²) in [5.74, 6) is 1.71. The number of aromatic hydroxyl groups is 1. The predicted molar refractivity (Wildman–Crippen MR) is 161 cm³/mol. The van der Waals surface area contributed by atoms with Gasteiger partial charge >= 0.3 is 6.01 Å². The van der Waals surface area contributed by atoms with Gasteiger partial charge in [0.15, 0.2) is 0 Å². The Labute approximate surface area is 257 Å². The number of terminal acetylenes is 1. The Hall–Kier alpha value is -4.34. The number of alkyl halides is 1. The molecule has 5 saturated heterocycles. The molecule has 0 spiro atoms. The number of fused-ring (bicyclic) bond motifs is 6. The molecular weight excluding hydrogens is 568 g/mol. The summed E-state index contributed by atoms with van der Waals surface area (Å²) >= 11 is 0. The van der Waals surface area contributed by atoms with Crippen molar-refractivity contribution in [2.75, 3.05) is 37.6 Å². The zero-order valence-electron chi connectivity index (χ0n) is 27.6. The Kier molecular flexibility index (Phi) is 5.30. The normalized spacial score (nSPS) is 29.2. The summed E-state index contributed by atoms with van der Waals surface area (Å²) in [6.07, 6.45) is 7.11. The maximum Gasteiger partial charge on any atom is 0.319 e. The number of rotatable bonds is 5. The second-order valence-electron chi connectivity index (χ2n) is 11.9. The third-order valence-electron chi connectivity index (χ3n) is 9.26. The maximum absolute atomic E-state index is 14.9. The van der Waals surface area contributed by atoms with E-state index in [0.717, 1.165) is 17.5 Å². The van der Waals surface area contributed by atoms with Crippen molar-refractivity contribution < 1.29 is 24.1 Å². The van der Waals surface area contributed by atoms with Crippen molar-refractivity contribution >= 4 is 27.5 Å². The van der Waals surface area contributed by atoms with Crippen LogP contribution in [0.25, 0.3) is 27.4 Å². The summed E-state index contributed by atoms with van der Waals surface area (Å²) in [7, 11) is 0. The van der Waals surface area contributed by atoms with Gasteiger partial charge in [-0.2, -0.15) is 19.7 Å². The molecule has 10 nitrogen and oxygen atoms in total. The number of nitrogens with zero attached hydrogens (tertiary/aromatic N) is 6. The molecule has 2 N–H and O–H groups in total. The van der Waals surface area contributed by atoms with Crippen LogP contribution in [0.4, 0.5) is 14.6 Å². The van der Waals surface area contributed by atoms with Crippen LogP contribution in [-0.2, 0) is 0 Å². The van der Waals surface area contributed by atoms with Crippen molar-refractivity contribution in [2.45, 2.75) is 55.9 Å². The van der Waals surface area contributed by atoms with Gasteiger partial charge in [-0.1, -0.05) is 12.0 Å². The van der Waals surface area contributed by atoms with Gasteiger partial charge in [-0.15, -0.1) is 6.42 Å². The third-order valence-corrected chi connectivity index (χ3v) is 9.26. The van der Waals surface area contributed by atoms with Crippen LogP contribution in [0.2, 0.25) is 0 Å². The lowest BCUT2D eigenvalue weighted by Gasteiger charge is -2.46. The lowest BCUT2D eigenvalue weighted by Crippen LogP contribution is -2.61. The molecule has 0 saturated carbocycles. The zero-order chi connectivity index (χ0) is 33.7. The lowest BCUT2D eigenvalue weighted by molar-refractivity contribution is 0.107. The van der Waals surface area contributed by atoms with Gasteiger partial charge < -0.3 is 20.1 Å².